The van der Waals surface area contributed by atoms with E-state index in [9.17, 15) is 0 Å². The molecule has 0 saturated heterocycles. The van der Waals surface area contributed by atoms with E-state index in [-0.39, 0.29) is 0 Å². The molecule has 0 aliphatic carbocycles. The van der Waals surface area contributed by atoms with Gasteiger partial charge in [-0.15, -0.1) is 0 Å². The Labute approximate surface area is 242 Å². The van der Waals surface area contributed by atoms with Crippen LogP contribution in [0.2, 0.25) is 0 Å². The Bertz CT molecular complexity index is 2110. The van der Waals surface area contributed by atoms with E-state index in [0.29, 0.717) is 0 Å². The molecule has 8 rings (SSSR count). The molecule has 0 unspecified atom stereocenters. The van der Waals surface area contributed by atoms with Crippen molar-refractivity contribution in [3.05, 3.63) is 122 Å². The van der Waals surface area contributed by atoms with Gasteiger partial charge in [-0.2, -0.15) is 10.2 Å². The standard InChI is InChI=1S/C36H26N6/c1-41-21-25(19-37-41)35-11-5-9-33(39-35)23-13-15-29-30-16-14-24(18-32(30)28-8-4-3-7-27(28)31(29)17-23)34-10-6-12-36(40-34)26-20-38-42(2)22-26/h3-22H,1-2H3. The molecule has 4 heterocycles. The van der Waals surface area contributed by atoms with Gasteiger partial charge in [-0.3, -0.25) is 9.36 Å². The SMILES string of the molecule is Cn1cc(-c2cccc(-c3ccc4c5ccc(-c6cccc(-c7cnn(C)c7)n6)cc5c5ccccc5c4c3)n2)cn1. The summed E-state index contributed by atoms with van der Waals surface area (Å²) in [6.07, 6.45) is 7.69. The highest BCUT2D eigenvalue weighted by Crippen LogP contribution is 2.39. The summed E-state index contributed by atoms with van der Waals surface area (Å²) in [7, 11) is 3.84. The Morgan fingerprint density at radius 1 is 0.405 bits per heavy atom. The van der Waals surface area contributed by atoms with Crippen LogP contribution in [0.5, 0.6) is 0 Å². The van der Waals surface area contributed by atoms with Gasteiger partial charge in [0.1, 0.15) is 0 Å². The lowest BCUT2D eigenvalue weighted by Crippen LogP contribution is -1.90. The molecule has 0 N–H and O–H groups in total. The lowest BCUT2D eigenvalue weighted by molar-refractivity contribution is 0.768. The lowest BCUT2D eigenvalue weighted by Gasteiger charge is -2.13. The molecule has 0 spiro atoms. The van der Waals surface area contributed by atoms with E-state index in [1.165, 1.54) is 32.3 Å². The third-order valence-corrected chi connectivity index (χ3v) is 7.93. The third kappa shape index (κ3) is 4.04. The van der Waals surface area contributed by atoms with E-state index in [0.717, 1.165) is 45.0 Å². The van der Waals surface area contributed by atoms with Crippen LogP contribution in [0, 0.1) is 0 Å². The molecule has 200 valence electrons. The summed E-state index contributed by atoms with van der Waals surface area (Å²) < 4.78 is 3.60. The van der Waals surface area contributed by atoms with E-state index >= 15 is 0 Å². The molecule has 0 saturated carbocycles. The van der Waals surface area contributed by atoms with Gasteiger partial charge in [0.15, 0.2) is 0 Å². The number of nitrogens with zero attached hydrogens (tertiary/aromatic N) is 6. The van der Waals surface area contributed by atoms with Crippen molar-refractivity contribution in [2.45, 2.75) is 0 Å². The fourth-order valence-corrected chi connectivity index (χ4v) is 5.89. The second kappa shape index (κ2) is 9.49. The maximum absolute atomic E-state index is 4.99. The minimum Gasteiger partial charge on any atom is -0.275 e. The number of hydrogen-bond donors (Lipinski definition) is 0. The number of aryl methyl sites for hydroxylation is 2. The van der Waals surface area contributed by atoms with Crippen molar-refractivity contribution < 1.29 is 0 Å². The van der Waals surface area contributed by atoms with Crippen LogP contribution in [0.1, 0.15) is 0 Å². The van der Waals surface area contributed by atoms with Crippen molar-refractivity contribution >= 4 is 32.3 Å². The van der Waals surface area contributed by atoms with Crippen LogP contribution < -0.4 is 0 Å². The molecule has 0 fully saturated rings. The molecule has 4 aromatic heterocycles. The van der Waals surface area contributed by atoms with Crippen LogP contribution in [0.4, 0.5) is 0 Å². The molecule has 0 bridgehead atoms. The van der Waals surface area contributed by atoms with Gasteiger partial charge < -0.3 is 0 Å². The molecular weight excluding hydrogens is 516 g/mol. The minimum atomic E-state index is 0.915. The average Bonchev–Trinajstić information content (AvgIpc) is 3.69. The summed E-state index contributed by atoms with van der Waals surface area (Å²) in [6.45, 7) is 0. The largest absolute Gasteiger partial charge is 0.275 e. The van der Waals surface area contributed by atoms with E-state index in [1.807, 2.05) is 51.0 Å². The number of fused-ring (bicyclic) bond motifs is 6. The van der Waals surface area contributed by atoms with Crippen molar-refractivity contribution in [2.24, 2.45) is 14.1 Å². The first-order valence-electron chi connectivity index (χ1n) is 13.9. The van der Waals surface area contributed by atoms with E-state index in [2.05, 4.69) is 95.1 Å². The average molecular weight is 543 g/mol. The number of benzene rings is 4. The molecule has 6 heteroatoms. The highest BCUT2D eigenvalue weighted by Gasteiger charge is 2.13. The third-order valence-electron chi connectivity index (χ3n) is 7.93. The second-order valence-corrected chi connectivity index (χ2v) is 10.7. The summed E-state index contributed by atoms with van der Waals surface area (Å²) in [4.78, 5) is 9.97. The van der Waals surface area contributed by atoms with Crippen molar-refractivity contribution in [1.29, 1.82) is 0 Å². The van der Waals surface area contributed by atoms with Gasteiger partial charge in [0.05, 0.1) is 35.2 Å². The second-order valence-electron chi connectivity index (χ2n) is 10.7. The molecule has 0 aliphatic rings. The predicted molar refractivity (Wildman–Crippen MR) is 170 cm³/mol. The molecule has 6 nitrogen and oxygen atoms in total. The predicted octanol–water partition coefficient (Wildman–Crippen LogP) is 8.07. The molecule has 0 amide bonds. The molecule has 0 radical (unpaired) electrons. The Balaban J connectivity index is 1.28. The van der Waals surface area contributed by atoms with Crippen LogP contribution in [0.15, 0.2) is 122 Å². The zero-order valence-corrected chi connectivity index (χ0v) is 23.2. The highest BCUT2D eigenvalue weighted by atomic mass is 15.2. The summed E-state index contributed by atoms with van der Waals surface area (Å²) >= 11 is 0. The quantitative estimate of drug-likeness (QED) is 0.211. The van der Waals surface area contributed by atoms with Gasteiger partial charge in [0.25, 0.3) is 0 Å². The lowest BCUT2D eigenvalue weighted by atomic mass is 9.91. The van der Waals surface area contributed by atoms with Gasteiger partial charge in [0, 0.05) is 48.7 Å². The minimum absolute atomic E-state index is 0.915. The molecule has 8 aromatic rings. The highest BCUT2D eigenvalue weighted by molar-refractivity contribution is 6.26. The molecule has 0 aliphatic heterocycles. The molecular formula is C36H26N6. The maximum Gasteiger partial charge on any atom is 0.0741 e. The zero-order chi connectivity index (χ0) is 28.2. The van der Waals surface area contributed by atoms with Crippen LogP contribution in [0.25, 0.3) is 77.3 Å². The summed E-state index contributed by atoms with van der Waals surface area (Å²) in [6, 6.07) is 34.4. The van der Waals surface area contributed by atoms with Gasteiger partial charge in [0.2, 0.25) is 0 Å². The summed E-state index contributed by atoms with van der Waals surface area (Å²) in [5, 5.41) is 15.9. The van der Waals surface area contributed by atoms with E-state index < -0.39 is 0 Å². The Morgan fingerprint density at radius 2 is 0.810 bits per heavy atom. The molecule has 4 aromatic carbocycles. The van der Waals surface area contributed by atoms with Gasteiger partial charge >= 0.3 is 0 Å². The molecule has 0 atom stereocenters. The van der Waals surface area contributed by atoms with Gasteiger partial charge in [-0.25, -0.2) is 9.97 Å². The number of pyridine rings is 2. The van der Waals surface area contributed by atoms with Crippen LogP contribution >= 0.6 is 0 Å². The van der Waals surface area contributed by atoms with Crippen LogP contribution in [-0.2, 0) is 14.1 Å². The first kappa shape index (κ1) is 24.2. The Morgan fingerprint density at radius 3 is 1.21 bits per heavy atom. The Kier molecular flexibility index (Phi) is 5.47. The summed E-state index contributed by atoms with van der Waals surface area (Å²) in [5.74, 6) is 0. The number of rotatable bonds is 4. The summed E-state index contributed by atoms with van der Waals surface area (Å²) in [5.41, 5.74) is 7.91. The van der Waals surface area contributed by atoms with Crippen molar-refractivity contribution in [3.63, 3.8) is 0 Å². The van der Waals surface area contributed by atoms with Crippen molar-refractivity contribution in [3.8, 4) is 45.0 Å². The number of aromatic nitrogens is 6. The van der Waals surface area contributed by atoms with Gasteiger partial charge in [-0.05, 0) is 68.7 Å². The monoisotopic (exact) mass is 542 g/mol. The number of hydrogen-bond acceptors (Lipinski definition) is 4. The zero-order valence-electron chi connectivity index (χ0n) is 23.2. The molecule has 42 heavy (non-hydrogen) atoms. The fourth-order valence-electron chi connectivity index (χ4n) is 5.89. The van der Waals surface area contributed by atoms with Crippen LogP contribution in [0.3, 0.4) is 0 Å². The maximum atomic E-state index is 4.99. The van der Waals surface area contributed by atoms with Crippen LogP contribution in [-0.4, -0.2) is 29.5 Å². The first-order chi connectivity index (χ1) is 20.6. The first-order valence-corrected chi connectivity index (χ1v) is 13.9. The Hall–Kier alpha value is -5.62. The van der Waals surface area contributed by atoms with Crippen molar-refractivity contribution in [2.75, 3.05) is 0 Å². The van der Waals surface area contributed by atoms with E-state index in [4.69, 9.17) is 9.97 Å². The van der Waals surface area contributed by atoms with E-state index in [1.54, 1.807) is 9.36 Å². The van der Waals surface area contributed by atoms with Gasteiger partial charge in [-0.1, -0.05) is 60.7 Å². The van der Waals surface area contributed by atoms with Crippen molar-refractivity contribution in [1.82, 2.24) is 29.5 Å². The smallest absolute Gasteiger partial charge is 0.0741 e. The fraction of sp³-hybridized carbons (Fsp3) is 0.0556. The normalized spacial score (nSPS) is 11.6. The topological polar surface area (TPSA) is 61.4 Å².